The van der Waals surface area contributed by atoms with Crippen LogP contribution >= 0.6 is 0 Å². The van der Waals surface area contributed by atoms with Crippen molar-refractivity contribution < 1.29 is 9.53 Å². The van der Waals surface area contributed by atoms with Crippen LogP contribution in [0.4, 0.5) is 0 Å². The standard InChI is InChI=1S/C19H18O2/c20-19(13-7-1-2-8-13)21-18-16-11-5-3-9-14(16)15-10-4-6-12-17(15)18/h3-6,9-13,18H,1-2,7-8H2. The van der Waals surface area contributed by atoms with Gasteiger partial charge < -0.3 is 4.74 Å². The van der Waals surface area contributed by atoms with Crippen molar-refractivity contribution in [1.29, 1.82) is 0 Å². The topological polar surface area (TPSA) is 26.3 Å². The molecule has 0 heterocycles. The lowest BCUT2D eigenvalue weighted by atomic mass is 10.1. The normalized spacial score (nSPS) is 17.5. The van der Waals surface area contributed by atoms with Crippen molar-refractivity contribution in [2.75, 3.05) is 0 Å². The Morgan fingerprint density at radius 3 is 1.95 bits per heavy atom. The fourth-order valence-electron chi connectivity index (χ4n) is 3.61. The minimum absolute atomic E-state index is 0.0241. The lowest BCUT2D eigenvalue weighted by Gasteiger charge is -2.17. The molecular formula is C19H18O2. The van der Waals surface area contributed by atoms with Gasteiger partial charge in [-0.05, 0) is 24.0 Å². The smallest absolute Gasteiger partial charge is 0.309 e. The van der Waals surface area contributed by atoms with E-state index in [-0.39, 0.29) is 18.0 Å². The van der Waals surface area contributed by atoms with Crippen LogP contribution in [0.15, 0.2) is 48.5 Å². The minimum atomic E-state index is -0.231. The maximum atomic E-state index is 12.4. The van der Waals surface area contributed by atoms with Gasteiger partial charge in [0, 0.05) is 11.1 Å². The highest BCUT2D eigenvalue weighted by molar-refractivity contribution is 5.80. The van der Waals surface area contributed by atoms with Gasteiger partial charge in [0.2, 0.25) is 0 Å². The Morgan fingerprint density at radius 2 is 1.38 bits per heavy atom. The number of ether oxygens (including phenoxy) is 1. The highest BCUT2D eigenvalue weighted by Gasteiger charge is 2.33. The van der Waals surface area contributed by atoms with E-state index in [1.54, 1.807) is 0 Å². The van der Waals surface area contributed by atoms with E-state index in [1.165, 1.54) is 11.1 Å². The zero-order valence-corrected chi connectivity index (χ0v) is 11.9. The molecule has 0 spiro atoms. The summed E-state index contributed by atoms with van der Waals surface area (Å²) in [4.78, 5) is 12.4. The number of hydrogen-bond acceptors (Lipinski definition) is 2. The predicted molar refractivity (Wildman–Crippen MR) is 81.8 cm³/mol. The number of rotatable bonds is 2. The first-order valence-corrected chi connectivity index (χ1v) is 7.73. The van der Waals surface area contributed by atoms with Gasteiger partial charge in [-0.2, -0.15) is 0 Å². The van der Waals surface area contributed by atoms with Gasteiger partial charge >= 0.3 is 5.97 Å². The van der Waals surface area contributed by atoms with Gasteiger partial charge in [0.15, 0.2) is 6.10 Å². The highest BCUT2D eigenvalue weighted by atomic mass is 16.5. The van der Waals surface area contributed by atoms with Crippen molar-refractivity contribution >= 4 is 5.97 Å². The molecule has 4 rings (SSSR count). The molecule has 0 N–H and O–H groups in total. The summed E-state index contributed by atoms with van der Waals surface area (Å²) in [5.41, 5.74) is 4.62. The lowest BCUT2D eigenvalue weighted by molar-refractivity contribution is -0.152. The van der Waals surface area contributed by atoms with Crippen molar-refractivity contribution in [1.82, 2.24) is 0 Å². The molecule has 0 bridgehead atoms. The predicted octanol–water partition coefficient (Wildman–Crippen LogP) is 4.49. The second kappa shape index (κ2) is 5.03. The fraction of sp³-hybridized carbons (Fsp3) is 0.316. The number of benzene rings is 2. The average molecular weight is 278 g/mol. The second-order valence-corrected chi connectivity index (χ2v) is 5.97. The van der Waals surface area contributed by atoms with E-state index in [0.29, 0.717) is 0 Å². The summed E-state index contributed by atoms with van der Waals surface area (Å²) in [6.45, 7) is 0. The van der Waals surface area contributed by atoms with Crippen LogP contribution in [-0.2, 0) is 9.53 Å². The van der Waals surface area contributed by atoms with Crippen molar-refractivity contribution in [3.63, 3.8) is 0 Å². The van der Waals surface area contributed by atoms with Crippen LogP contribution in [0.25, 0.3) is 11.1 Å². The number of carbonyl (C=O) groups excluding carboxylic acids is 1. The molecular weight excluding hydrogens is 260 g/mol. The first-order valence-electron chi connectivity index (χ1n) is 7.73. The molecule has 21 heavy (non-hydrogen) atoms. The van der Waals surface area contributed by atoms with Crippen LogP contribution in [0.2, 0.25) is 0 Å². The van der Waals surface area contributed by atoms with Gasteiger partial charge in [-0.15, -0.1) is 0 Å². The molecule has 2 nitrogen and oxygen atoms in total. The van der Waals surface area contributed by atoms with Crippen LogP contribution in [-0.4, -0.2) is 5.97 Å². The summed E-state index contributed by atoms with van der Waals surface area (Å²) in [5, 5.41) is 0. The van der Waals surface area contributed by atoms with E-state index in [1.807, 2.05) is 24.3 Å². The molecule has 0 radical (unpaired) electrons. The van der Waals surface area contributed by atoms with Crippen LogP contribution in [0.3, 0.4) is 0 Å². The Hall–Kier alpha value is -2.09. The molecule has 0 atom stereocenters. The maximum absolute atomic E-state index is 12.4. The molecule has 2 aliphatic carbocycles. The second-order valence-electron chi connectivity index (χ2n) is 5.97. The summed E-state index contributed by atoms with van der Waals surface area (Å²) in [7, 11) is 0. The van der Waals surface area contributed by atoms with Gasteiger partial charge in [-0.3, -0.25) is 4.79 Å². The van der Waals surface area contributed by atoms with Crippen LogP contribution in [0, 0.1) is 5.92 Å². The Balaban J connectivity index is 1.70. The Kier molecular flexibility index (Phi) is 3.03. The highest BCUT2D eigenvalue weighted by Crippen LogP contribution is 2.45. The molecule has 0 amide bonds. The van der Waals surface area contributed by atoms with E-state index in [0.717, 1.165) is 36.8 Å². The summed E-state index contributed by atoms with van der Waals surface area (Å²) < 4.78 is 5.91. The van der Waals surface area contributed by atoms with Gasteiger partial charge in [-0.1, -0.05) is 61.4 Å². The Morgan fingerprint density at radius 1 is 0.857 bits per heavy atom. The lowest BCUT2D eigenvalue weighted by Crippen LogP contribution is -2.17. The third-order valence-electron chi connectivity index (χ3n) is 4.70. The average Bonchev–Trinajstić information content (AvgIpc) is 3.15. The molecule has 0 aliphatic heterocycles. The van der Waals surface area contributed by atoms with E-state index in [4.69, 9.17) is 4.74 Å². The number of fused-ring (bicyclic) bond motifs is 3. The maximum Gasteiger partial charge on any atom is 0.309 e. The first kappa shape index (κ1) is 12.6. The fourth-order valence-corrected chi connectivity index (χ4v) is 3.61. The summed E-state index contributed by atoms with van der Waals surface area (Å²) in [5.74, 6) is 0.0777. The largest absolute Gasteiger partial charge is 0.452 e. The molecule has 0 saturated heterocycles. The monoisotopic (exact) mass is 278 g/mol. The molecule has 2 aliphatic rings. The summed E-state index contributed by atoms with van der Waals surface area (Å²) in [6, 6.07) is 16.5. The SMILES string of the molecule is O=C(OC1c2ccccc2-c2ccccc21)C1CCCC1. The van der Waals surface area contributed by atoms with E-state index in [9.17, 15) is 4.79 Å². The van der Waals surface area contributed by atoms with E-state index >= 15 is 0 Å². The van der Waals surface area contributed by atoms with Crippen LogP contribution in [0.1, 0.15) is 42.9 Å². The number of carbonyl (C=O) groups is 1. The van der Waals surface area contributed by atoms with Gasteiger partial charge in [0.1, 0.15) is 0 Å². The Bertz CT molecular complexity index is 638. The van der Waals surface area contributed by atoms with Gasteiger partial charge in [0.05, 0.1) is 5.92 Å². The zero-order valence-electron chi connectivity index (χ0n) is 11.9. The van der Waals surface area contributed by atoms with Crippen molar-refractivity contribution in [3.8, 4) is 11.1 Å². The molecule has 2 heteroatoms. The molecule has 2 aromatic carbocycles. The van der Waals surface area contributed by atoms with Crippen molar-refractivity contribution in [3.05, 3.63) is 59.7 Å². The number of hydrogen-bond donors (Lipinski definition) is 0. The number of esters is 1. The molecule has 106 valence electrons. The molecule has 0 unspecified atom stereocenters. The third kappa shape index (κ3) is 2.06. The van der Waals surface area contributed by atoms with Crippen molar-refractivity contribution in [2.24, 2.45) is 5.92 Å². The van der Waals surface area contributed by atoms with E-state index in [2.05, 4.69) is 24.3 Å². The summed E-state index contributed by atoms with van der Waals surface area (Å²) >= 11 is 0. The Labute approximate surface area is 124 Å². The zero-order chi connectivity index (χ0) is 14.2. The van der Waals surface area contributed by atoms with Crippen molar-refractivity contribution in [2.45, 2.75) is 31.8 Å². The molecule has 2 aromatic rings. The van der Waals surface area contributed by atoms with Gasteiger partial charge in [-0.25, -0.2) is 0 Å². The third-order valence-corrected chi connectivity index (χ3v) is 4.70. The minimum Gasteiger partial charge on any atom is -0.452 e. The molecule has 1 saturated carbocycles. The van der Waals surface area contributed by atoms with Crippen LogP contribution in [0.5, 0.6) is 0 Å². The molecule has 0 aromatic heterocycles. The summed E-state index contributed by atoms with van der Waals surface area (Å²) in [6.07, 6.45) is 4.03. The first-order chi connectivity index (χ1) is 10.3. The quantitative estimate of drug-likeness (QED) is 0.757. The van der Waals surface area contributed by atoms with Gasteiger partial charge in [0.25, 0.3) is 0 Å². The van der Waals surface area contributed by atoms with Crippen LogP contribution < -0.4 is 0 Å². The van der Waals surface area contributed by atoms with E-state index < -0.39 is 0 Å². The molecule has 1 fully saturated rings.